The van der Waals surface area contributed by atoms with Crippen molar-refractivity contribution < 1.29 is 4.39 Å². The summed E-state index contributed by atoms with van der Waals surface area (Å²) in [6.45, 7) is 7.17. The molecule has 4 heteroatoms. The zero-order valence-electron chi connectivity index (χ0n) is 12.0. The second-order valence-corrected chi connectivity index (χ2v) is 5.61. The van der Waals surface area contributed by atoms with E-state index in [0.717, 1.165) is 25.1 Å². The fourth-order valence-corrected chi connectivity index (χ4v) is 1.87. The fraction of sp³-hybridized carbons (Fsp3) is 0.600. The average Bonchev–Trinajstić information content (AvgIpc) is 2.37. The molecule has 0 unspecified atom stereocenters. The van der Waals surface area contributed by atoms with Gasteiger partial charge in [0.25, 0.3) is 0 Å². The molecule has 0 amide bonds. The lowest BCUT2D eigenvalue weighted by Gasteiger charge is -2.20. The summed E-state index contributed by atoms with van der Waals surface area (Å²) in [7, 11) is 2.15. The van der Waals surface area contributed by atoms with Crippen LogP contribution in [-0.4, -0.2) is 31.1 Å². The molecule has 0 saturated carbocycles. The maximum atomic E-state index is 13.2. The Morgan fingerprint density at radius 2 is 2.05 bits per heavy atom. The Bertz CT molecular complexity index is 382. The molecule has 0 bridgehead atoms. The highest BCUT2D eigenvalue weighted by Crippen LogP contribution is 2.15. The van der Waals surface area contributed by atoms with Gasteiger partial charge in [0.2, 0.25) is 0 Å². The molecule has 1 aromatic rings. The second kappa shape index (κ2) is 8.51. The highest BCUT2D eigenvalue weighted by molar-refractivity contribution is 6.30. The maximum absolute atomic E-state index is 13.2. The largest absolute Gasteiger partial charge is 0.313 e. The quantitative estimate of drug-likeness (QED) is 0.733. The molecule has 0 radical (unpaired) electrons. The molecule has 0 aliphatic heterocycles. The van der Waals surface area contributed by atoms with Crippen molar-refractivity contribution in [1.82, 2.24) is 10.2 Å². The number of benzene rings is 1. The highest BCUT2D eigenvalue weighted by Gasteiger charge is 2.02. The Balaban J connectivity index is 2.12. The van der Waals surface area contributed by atoms with Gasteiger partial charge in [-0.2, -0.15) is 0 Å². The minimum Gasteiger partial charge on any atom is -0.313 e. The highest BCUT2D eigenvalue weighted by atomic mass is 35.5. The Kier molecular flexibility index (Phi) is 7.36. The zero-order chi connectivity index (χ0) is 14.3. The maximum Gasteiger partial charge on any atom is 0.142 e. The minimum atomic E-state index is -0.348. The van der Waals surface area contributed by atoms with E-state index in [-0.39, 0.29) is 10.8 Å². The van der Waals surface area contributed by atoms with Gasteiger partial charge in [0.05, 0.1) is 5.02 Å². The minimum absolute atomic E-state index is 0.181. The monoisotopic (exact) mass is 286 g/mol. The van der Waals surface area contributed by atoms with Gasteiger partial charge in [-0.25, -0.2) is 4.39 Å². The lowest BCUT2D eigenvalue weighted by atomic mass is 10.2. The number of hydrogen-bond donors (Lipinski definition) is 1. The van der Waals surface area contributed by atoms with Crippen LogP contribution in [0.4, 0.5) is 4.39 Å². The third-order valence-corrected chi connectivity index (χ3v) is 3.62. The van der Waals surface area contributed by atoms with Crippen LogP contribution in [0.5, 0.6) is 0 Å². The first-order valence-electron chi connectivity index (χ1n) is 6.85. The van der Waals surface area contributed by atoms with Crippen LogP contribution in [0.1, 0.15) is 32.3 Å². The SMILES string of the molecule is CC(C)N(C)CCCCNCc1ccc(Cl)c(F)c1. The van der Waals surface area contributed by atoms with Crippen molar-refractivity contribution in [2.75, 3.05) is 20.1 Å². The molecule has 1 N–H and O–H groups in total. The predicted octanol–water partition coefficient (Wildman–Crippen LogP) is 3.69. The van der Waals surface area contributed by atoms with Crippen molar-refractivity contribution in [3.63, 3.8) is 0 Å². The first-order valence-corrected chi connectivity index (χ1v) is 7.23. The number of nitrogens with zero attached hydrogens (tertiary/aromatic N) is 1. The molecule has 0 saturated heterocycles. The van der Waals surface area contributed by atoms with E-state index < -0.39 is 0 Å². The number of nitrogens with one attached hydrogen (secondary N) is 1. The average molecular weight is 287 g/mol. The van der Waals surface area contributed by atoms with Gasteiger partial charge >= 0.3 is 0 Å². The van der Waals surface area contributed by atoms with Gasteiger partial charge in [-0.1, -0.05) is 17.7 Å². The van der Waals surface area contributed by atoms with E-state index in [9.17, 15) is 4.39 Å². The smallest absolute Gasteiger partial charge is 0.142 e. The molecule has 1 rings (SSSR count). The van der Waals surface area contributed by atoms with E-state index in [0.29, 0.717) is 12.6 Å². The van der Waals surface area contributed by atoms with Gasteiger partial charge in [-0.3, -0.25) is 0 Å². The van der Waals surface area contributed by atoms with Crippen LogP contribution in [-0.2, 0) is 6.54 Å². The summed E-state index contributed by atoms with van der Waals surface area (Å²) in [5.74, 6) is -0.348. The molecule has 0 fully saturated rings. The molecule has 2 nitrogen and oxygen atoms in total. The van der Waals surface area contributed by atoms with Crippen LogP contribution in [0.15, 0.2) is 18.2 Å². The molecule has 0 heterocycles. The predicted molar refractivity (Wildman–Crippen MR) is 80.1 cm³/mol. The summed E-state index contributed by atoms with van der Waals surface area (Å²) in [5, 5.41) is 3.50. The molecule has 108 valence electrons. The van der Waals surface area contributed by atoms with Crippen molar-refractivity contribution in [3.8, 4) is 0 Å². The van der Waals surface area contributed by atoms with E-state index in [1.165, 1.54) is 12.5 Å². The van der Waals surface area contributed by atoms with Crippen LogP contribution in [0, 0.1) is 5.82 Å². The van der Waals surface area contributed by atoms with E-state index in [4.69, 9.17) is 11.6 Å². The first-order chi connectivity index (χ1) is 9.00. The van der Waals surface area contributed by atoms with Gasteiger partial charge in [-0.05, 0) is 64.5 Å². The molecule has 0 aliphatic carbocycles. The lowest BCUT2D eigenvalue weighted by molar-refractivity contribution is 0.268. The van der Waals surface area contributed by atoms with Crippen LogP contribution >= 0.6 is 11.6 Å². The molecule has 19 heavy (non-hydrogen) atoms. The Labute approximate surface area is 120 Å². The Hall–Kier alpha value is -0.640. The zero-order valence-corrected chi connectivity index (χ0v) is 12.8. The fourth-order valence-electron chi connectivity index (χ4n) is 1.75. The normalized spacial score (nSPS) is 11.5. The number of halogens is 2. The Morgan fingerprint density at radius 3 is 2.68 bits per heavy atom. The topological polar surface area (TPSA) is 15.3 Å². The third-order valence-electron chi connectivity index (χ3n) is 3.31. The van der Waals surface area contributed by atoms with Gasteiger partial charge in [-0.15, -0.1) is 0 Å². The van der Waals surface area contributed by atoms with Crippen LogP contribution in [0.3, 0.4) is 0 Å². The number of rotatable bonds is 8. The second-order valence-electron chi connectivity index (χ2n) is 5.21. The van der Waals surface area contributed by atoms with E-state index >= 15 is 0 Å². The third kappa shape index (κ3) is 6.37. The van der Waals surface area contributed by atoms with E-state index in [2.05, 4.69) is 31.1 Å². The Morgan fingerprint density at radius 1 is 1.32 bits per heavy atom. The standard InChI is InChI=1S/C15H24ClFN2/c1-12(2)19(3)9-5-4-8-18-11-13-6-7-14(16)15(17)10-13/h6-7,10,12,18H,4-5,8-9,11H2,1-3H3. The van der Waals surface area contributed by atoms with Crippen molar-refractivity contribution in [3.05, 3.63) is 34.6 Å². The summed E-state index contributed by atoms with van der Waals surface area (Å²) in [4.78, 5) is 2.34. The summed E-state index contributed by atoms with van der Waals surface area (Å²) in [5.41, 5.74) is 0.932. The lowest BCUT2D eigenvalue weighted by Crippen LogP contribution is -2.27. The van der Waals surface area contributed by atoms with Crippen molar-refractivity contribution in [2.45, 2.75) is 39.3 Å². The molecular weight excluding hydrogens is 263 g/mol. The van der Waals surface area contributed by atoms with Crippen molar-refractivity contribution in [1.29, 1.82) is 0 Å². The molecule has 0 atom stereocenters. The van der Waals surface area contributed by atoms with Crippen molar-refractivity contribution >= 4 is 11.6 Å². The van der Waals surface area contributed by atoms with Gasteiger partial charge < -0.3 is 10.2 Å². The summed E-state index contributed by atoms with van der Waals surface area (Å²) in [6.07, 6.45) is 2.31. The first kappa shape index (κ1) is 16.4. The van der Waals surface area contributed by atoms with E-state index in [1.807, 2.05) is 6.07 Å². The molecule has 0 spiro atoms. The summed E-state index contributed by atoms with van der Waals surface area (Å²) >= 11 is 5.64. The number of unbranched alkanes of at least 4 members (excludes halogenated alkanes) is 1. The van der Waals surface area contributed by atoms with Crippen LogP contribution in [0.2, 0.25) is 5.02 Å². The molecule has 1 aromatic carbocycles. The van der Waals surface area contributed by atoms with Gasteiger partial charge in [0.15, 0.2) is 0 Å². The summed E-state index contributed by atoms with van der Waals surface area (Å²) in [6, 6.07) is 5.54. The van der Waals surface area contributed by atoms with Gasteiger partial charge in [0, 0.05) is 12.6 Å². The van der Waals surface area contributed by atoms with Crippen LogP contribution < -0.4 is 5.32 Å². The van der Waals surface area contributed by atoms with E-state index in [1.54, 1.807) is 6.07 Å². The number of hydrogen-bond acceptors (Lipinski definition) is 2. The van der Waals surface area contributed by atoms with Crippen LogP contribution in [0.25, 0.3) is 0 Å². The van der Waals surface area contributed by atoms with Crippen molar-refractivity contribution in [2.24, 2.45) is 0 Å². The van der Waals surface area contributed by atoms with Gasteiger partial charge in [0.1, 0.15) is 5.82 Å². The molecular formula is C15H24ClFN2. The molecule has 0 aliphatic rings. The summed E-state index contributed by atoms with van der Waals surface area (Å²) < 4.78 is 13.2. The molecule has 0 aromatic heterocycles.